The summed E-state index contributed by atoms with van der Waals surface area (Å²) in [6.07, 6.45) is 1.73. The van der Waals surface area contributed by atoms with Crippen LogP contribution in [0.4, 0.5) is 0 Å². The summed E-state index contributed by atoms with van der Waals surface area (Å²) in [7, 11) is 0. The minimum atomic E-state index is -1.10. The quantitative estimate of drug-likeness (QED) is 0.113. The molecular weight excluding hydrogens is 616 g/mol. The van der Waals surface area contributed by atoms with Crippen molar-refractivity contribution in [3.05, 3.63) is 144 Å². The number of carbonyl (C=O) groups excluding carboxylic acids is 4. The van der Waals surface area contributed by atoms with Crippen molar-refractivity contribution >= 4 is 23.9 Å². The maximum absolute atomic E-state index is 10.3. The van der Waals surface area contributed by atoms with Crippen molar-refractivity contribution in [2.24, 2.45) is 0 Å². The van der Waals surface area contributed by atoms with E-state index < -0.39 is 48.0 Å². The van der Waals surface area contributed by atoms with Gasteiger partial charge < -0.3 is 62.5 Å². The lowest BCUT2D eigenvalue weighted by atomic mass is 10.1. The minimum Gasteiger partial charge on any atom is -0.544 e. The molecule has 0 bridgehead atoms. The van der Waals surface area contributed by atoms with Crippen LogP contribution in [0.2, 0.25) is 0 Å². The Morgan fingerprint density at radius 3 is 0.625 bits per heavy atom. The van der Waals surface area contributed by atoms with Crippen LogP contribution in [-0.4, -0.2) is 48.0 Å². The van der Waals surface area contributed by atoms with E-state index in [1.54, 1.807) is 0 Å². The highest BCUT2D eigenvalue weighted by atomic mass is 16.4. The van der Waals surface area contributed by atoms with Gasteiger partial charge in [-0.05, 0) is 22.3 Å². The Morgan fingerprint density at radius 1 is 0.354 bits per heavy atom. The molecule has 256 valence electrons. The number of hydrogen-bond acceptors (Lipinski definition) is 8. The van der Waals surface area contributed by atoms with Gasteiger partial charge in [0.1, 0.15) is 24.2 Å². The Morgan fingerprint density at radius 2 is 0.500 bits per heavy atom. The average molecular weight is 661 g/mol. The number of carbonyl (C=O) groups is 4. The molecule has 12 heteroatoms. The lowest BCUT2D eigenvalue weighted by Crippen LogP contribution is -2.69. The van der Waals surface area contributed by atoms with Crippen molar-refractivity contribution in [3.8, 4) is 0 Å². The second-order valence-corrected chi connectivity index (χ2v) is 10.8. The van der Waals surface area contributed by atoms with E-state index >= 15 is 0 Å². The highest BCUT2D eigenvalue weighted by Gasteiger charge is 2.09. The minimum absolute atomic E-state index is 0.434. The molecule has 0 spiro atoms. The molecule has 4 rings (SSSR count). The van der Waals surface area contributed by atoms with Gasteiger partial charge in [0.15, 0.2) is 0 Å². The molecule has 0 saturated heterocycles. The topological polar surface area (TPSA) is 271 Å². The van der Waals surface area contributed by atoms with E-state index in [0.29, 0.717) is 25.7 Å². The van der Waals surface area contributed by atoms with Crippen LogP contribution in [0.25, 0.3) is 0 Å². The predicted octanol–water partition coefficient (Wildman–Crippen LogP) is -5.64. The fourth-order valence-electron chi connectivity index (χ4n) is 3.93. The normalized spacial score (nSPS) is 12.4. The standard InChI is InChI=1S/4C9H11NO2/c4*10-8(9(11)12)6-7-4-2-1-3-5-7/h4*1-5,8H,6,10H2,(H,11,12)/t4*8-/m1111/s1. The summed E-state index contributed by atoms with van der Waals surface area (Å²) >= 11 is 0. The summed E-state index contributed by atoms with van der Waals surface area (Å²) in [4.78, 5) is 41.3. The van der Waals surface area contributed by atoms with Crippen LogP contribution in [0.15, 0.2) is 121 Å². The van der Waals surface area contributed by atoms with Crippen molar-refractivity contribution in [2.75, 3.05) is 0 Å². The maximum atomic E-state index is 10.3. The van der Waals surface area contributed by atoms with Gasteiger partial charge in [-0.1, -0.05) is 121 Å². The summed E-state index contributed by atoms with van der Waals surface area (Å²) in [6.45, 7) is 0. The van der Waals surface area contributed by atoms with Gasteiger partial charge in [-0.25, -0.2) is 0 Å². The largest absolute Gasteiger partial charge is 0.544 e. The molecule has 0 aromatic heterocycles. The van der Waals surface area contributed by atoms with Gasteiger partial charge in [0.05, 0.1) is 23.9 Å². The van der Waals surface area contributed by atoms with Gasteiger partial charge in [0.2, 0.25) is 0 Å². The average Bonchev–Trinajstić information content (AvgIpc) is 3.07. The third-order valence-electron chi connectivity index (χ3n) is 6.63. The Labute approximate surface area is 279 Å². The fourth-order valence-corrected chi connectivity index (χ4v) is 3.93. The van der Waals surface area contributed by atoms with Gasteiger partial charge in [-0.3, -0.25) is 0 Å². The van der Waals surface area contributed by atoms with E-state index in [4.69, 9.17) is 0 Å². The second kappa shape index (κ2) is 23.0. The molecule has 0 aliphatic carbocycles. The summed E-state index contributed by atoms with van der Waals surface area (Å²) in [6, 6.07) is 34.9. The van der Waals surface area contributed by atoms with Crippen molar-refractivity contribution in [3.63, 3.8) is 0 Å². The third kappa shape index (κ3) is 18.5. The van der Waals surface area contributed by atoms with Crippen LogP contribution in [0, 0.1) is 0 Å². The van der Waals surface area contributed by atoms with Crippen LogP contribution in [0.5, 0.6) is 0 Å². The predicted molar refractivity (Wildman–Crippen MR) is 167 cm³/mol. The van der Waals surface area contributed by atoms with E-state index in [0.717, 1.165) is 22.3 Å². The first kappa shape index (κ1) is 40.6. The van der Waals surface area contributed by atoms with Gasteiger partial charge in [-0.2, -0.15) is 0 Å². The van der Waals surface area contributed by atoms with Crippen molar-refractivity contribution in [1.82, 2.24) is 0 Å². The Balaban J connectivity index is 0.000000320. The molecule has 48 heavy (non-hydrogen) atoms. The zero-order valence-electron chi connectivity index (χ0n) is 26.8. The molecule has 0 fully saturated rings. The number of carboxylic acid groups (broad SMARTS) is 4. The van der Waals surface area contributed by atoms with E-state index in [1.165, 1.54) is 0 Å². The van der Waals surface area contributed by atoms with E-state index in [1.807, 2.05) is 121 Å². The number of quaternary nitrogens is 4. The smallest absolute Gasteiger partial charge is 0.129 e. The molecule has 12 N–H and O–H groups in total. The molecule has 12 nitrogen and oxygen atoms in total. The summed E-state index contributed by atoms with van der Waals surface area (Å²) in [5.41, 5.74) is 17.8. The lowest BCUT2D eigenvalue weighted by molar-refractivity contribution is -0.437. The number of hydrogen-bond donors (Lipinski definition) is 4. The van der Waals surface area contributed by atoms with Crippen LogP contribution in [0.1, 0.15) is 22.3 Å². The fraction of sp³-hybridized carbons (Fsp3) is 0.222. The summed E-state index contributed by atoms with van der Waals surface area (Å²) in [5.74, 6) is -4.39. The Hall–Kier alpha value is -5.40. The van der Waals surface area contributed by atoms with Gasteiger partial charge in [0.25, 0.3) is 0 Å². The molecule has 0 heterocycles. The molecule has 4 atom stereocenters. The first-order chi connectivity index (χ1) is 22.8. The molecule has 0 aliphatic heterocycles. The number of aliphatic carboxylic acids is 4. The second-order valence-electron chi connectivity index (χ2n) is 10.8. The molecular formula is C36H44N4O8. The number of benzene rings is 4. The molecule has 0 saturated carbocycles. The molecule has 0 radical (unpaired) electrons. The highest BCUT2D eigenvalue weighted by Crippen LogP contribution is 2.02. The van der Waals surface area contributed by atoms with Crippen molar-refractivity contribution in [1.29, 1.82) is 0 Å². The first-order valence-corrected chi connectivity index (χ1v) is 15.1. The van der Waals surface area contributed by atoms with Crippen LogP contribution < -0.4 is 43.4 Å². The van der Waals surface area contributed by atoms with Gasteiger partial charge >= 0.3 is 0 Å². The first-order valence-electron chi connectivity index (χ1n) is 15.1. The molecule has 4 aromatic carbocycles. The lowest BCUT2D eigenvalue weighted by Gasteiger charge is -2.08. The zero-order chi connectivity index (χ0) is 35.9. The molecule has 4 aromatic rings. The molecule has 0 amide bonds. The van der Waals surface area contributed by atoms with Gasteiger partial charge in [0, 0.05) is 25.7 Å². The van der Waals surface area contributed by atoms with Crippen LogP contribution in [0.3, 0.4) is 0 Å². The van der Waals surface area contributed by atoms with Crippen LogP contribution >= 0.6 is 0 Å². The molecule has 0 aliphatic rings. The van der Waals surface area contributed by atoms with Gasteiger partial charge in [-0.15, -0.1) is 0 Å². The highest BCUT2D eigenvalue weighted by molar-refractivity contribution is 5.70. The van der Waals surface area contributed by atoms with Crippen molar-refractivity contribution in [2.45, 2.75) is 49.9 Å². The summed E-state index contributed by atoms with van der Waals surface area (Å²) < 4.78 is 0. The number of carboxylic acids is 4. The van der Waals surface area contributed by atoms with Crippen molar-refractivity contribution < 1.29 is 62.5 Å². The van der Waals surface area contributed by atoms with E-state index in [-0.39, 0.29) is 0 Å². The maximum Gasteiger partial charge on any atom is 0.129 e. The van der Waals surface area contributed by atoms with Crippen LogP contribution in [-0.2, 0) is 44.9 Å². The zero-order valence-corrected chi connectivity index (χ0v) is 26.8. The van der Waals surface area contributed by atoms with E-state index in [2.05, 4.69) is 22.9 Å². The van der Waals surface area contributed by atoms with E-state index in [9.17, 15) is 39.6 Å². The Kier molecular flexibility index (Phi) is 19.5. The Bertz CT molecular complexity index is 1260. The number of rotatable bonds is 12. The monoisotopic (exact) mass is 660 g/mol. The summed E-state index contributed by atoms with van der Waals surface area (Å²) in [5, 5.41) is 41.3. The molecule has 0 unspecified atom stereocenters. The third-order valence-corrected chi connectivity index (χ3v) is 6.63. The SMILES string of the molecule is [NH3+][C@H](Cc1ccccc1)C(=O)[O-].[NH3+][C@H](Cc1ccccc1)C(=O)[O-].[NH3+][C@H](Cc1ccccc1)C(=O)[O-].[NH3+][C@H](Cc1ccccc1)C(=O)[O-].